The van der Waals surface area contributed by atoms with Crippen LogP contribution in [0.5, 0.6) is 0 Å². The molecule has 0 saturated carbocycles. The first-order chi connectivity index (χ1) is 12.0. The lowest BCUT2D eigenvalue weighted by atomic mass is 9.97. The van der Waals surface area contributed by atoms with Gasteiger partial charge < -0.3 is 9.64 Å². The van der Waals surface area contributed by atoms with E-state index in [-0.39, 0.29) is 11.9 Å². The normalized spacial score (nSPS) is 20.4. The summed E-state index contributed by atoms with van der Waals surface area (Å²) in [5.41, 5.74) is 3.32. The first-order valence-corrected chi connectivity index (χ1v) is 8.93. The Balaban J connectivity index is 1.72. The summed E-state index contributed by atoms with van der Waals surface area (Å²) in [6.45, 7) is 6.60. The fourth-order valence-electron chi connectivity index (χ4n) is 3.29. The molecule has 134 valence electrons. The maximum Gasteiger partial charge on any atom is 0.309 e. The molecule has 1 N–H and O–H groups in total. The molecular weight excluding hydrogens is 338 g/mol. The summed E-state index contributed by atoms with van der Waals surface area (Å²) in [5, 5.41) is 8.49. The minimum Gasteiger partial charge on any atom is -0.469 e. The van der Waals surface area contributed by atoms with E-state index < -0.39 is 0 Å². The van der Waals surface area contributed by atoms with Gasteiger partial charge in [-0.1, -0.05) is 12.1 Å². The zero-order valence-electron chi connectivity index (χ0n) is 14.9. The van der Waals surface area contributed by atoms with Crippen molar-refractivity contribution in [3.8, 4) is 5.69 Å². The minimum atomic E-state index is -0.100. The Morgan fingerprint density at radius 1 is 1.32 bits per heavy atom. The first kappa shape index (κ1) is 17.8. The number of hydrogen-bond acceptors (Lipinski definition) is 5. The van der Waals surface area contributed by atoms with Crippen molar-refractivity contribution in [1.29, 1.82) is 0 Å². The number of aryl methyl sites for hydroxylation is 1. The standard InChI is InChI=1S/C17H23N5O2S/c1-12-5-4-6-15(13(12)2)22-17(25)21(18-19-22)11-20-9-7-14(8-10-20)16(23)24-3/h4-6,14H,7-11H2,1-3H3/p+1. The molecule has 1 saturated heterocycles. The van der Waals surface area contributed by atoms with Gasteiger partial charge in [-0.3, -0.25) is 4.79 Å². The number of methoxy groups -OCH3 is 1. The lowest BCUT2D eigenvalue weighted by Gasteiger charge is -2.27. The number of carbonyl (C=O) groups is 1. The number of nitrogens with zero attached hydrogens (tertiary/aromatic N) is 4. The van der Waals surface area contributed by atoms with Crippen molar-refractivity contribution in [1.82, 2.24) is 19.8 Å². The predicted octanol–water partition coefficient (Wildman–Crippen LogP) is 0.841. The number of esters is 1. The third-order valence-corrected chi connectivity index (χ3v) is 5.43. The Kier molecular flexibility index (Phi) is 5.29. The molecule has 8 heteroatoms. The van der Waals surface area contributed by atoms with Crippen molar-refractivity contribution < 1.29 is 14.4 Å². The second kappa shape index (κ2) is 7.45. The van der Waals surface area contributed by atoms with Crippen LogP contribution >= 0.6 is 12.2 Å². The van der Waals surface area contributed by atoms with Crippen molar-refractivity contribution in [2.45, 2.75) is 33.4 Å². The molecular formula is C17H24N5O2S+. The van der Waals surface area contributed by atoms with E-state index in [1.54, 1.807) is 9.36 Å². The molecule has 2 aromatic rings. The summed E-state index contributed by atoms with van der Waals surface area (Å²) in [5.74, 6) is -0.0797. The van der Waals surface area contributed by atoms with Gasteiger partial charge in [0.15, 0.2) is 6.67 Å². The lowest BCUT2D eigenvalue weighted by molar-refractivity contribution is -0.929. The molecule has 1 aliphatic rings. The van der Waals surface area contributed by atoms with Crippen LogP contribution < -0.4 is 4.90 Å². The van der Waals surface area contributed by atoms with Gasteiger partial charge in [-0.15, -0.1) is 0 Å². The smallest absolute Gasteiger partial charge is 0.309 e. The second-order valence-electron chi connectivity index (χ2n) is 6.60. The van der Waals surface area contributed by atoms with Crippen molar-refractivity contribution in [3.63, 3.8) is 0 Å². The molecule has 1 fully saturated rings. The Bertz CT molecular complexity index is 821. The predicted molar refractivity (Wildman–Crippen MR) is 95.1 cm³/mol. The molecule has 1 aromatic carbocycles. The third kappa shape index (κ3) is 3.64. The van der Waals surface area contributed by atoms with Gasteiger partial charge in [-0.25, -0.2) is 0 Å². The van der Waals surface area contributed by atoms with Gasteiger partial charge in [-0.2, -0.15) is 9.36 Å². The Morgan fingerprint density at radius 3 is 2.72 bits per heavy atom. The van der Waals surface area contributed by atoms with Crippen molar-refractivity contribution in [3.05, 3.63) is 34.1 Å². The maximum absolute atomic E-state index is 11.6. The fourth-order valence-corrected chi connectivity index (χ4v) is 3.52. The SMILES string of the molecule is COC(=O)C1CC[NH+](Cn2nnn(-c3cccc(C)c3C)c2=S)CC1. The largest absolute Gasteiger partial charge is 0.469 e. The van der Waals surface area contributed by atoms with Crippen LogP contribution in [0.4, 0.5) is 0 Å². The second-order valence-corrected chi connectivity index (χ2v) is 6.96. The number of piperidine rings is 1. The van der Waals surface area contributed by atoms with Gasteiger partial charge in [0.2, 0.25) is 4.77 Å². The molecule has 1 aliphatic heterocycles. The number of hydrogen-bond donors (Lipinski definition) is 1. The molecule has 0 radical (unpaired) electrons. The van der Waals surface area contributed by atoms with E-state index in [9.17, 15) is 4.79 Å². The molecule has 0 unspecified atom stereocenters. The highest BCUT2D eigenvalue weighted by Crippen LogP contribution is 2.16. The molecule has 0 bridgehead atoms. The van der Waals surface area contributed by atoms with E-state index in [0.717, 1.165) is 37.2 Å². The zero-order valence-corrected chi connectivity index (χ0v) is 15.7. The Morgan fingerprint density at radius 2 is 2.04 bits per heavy atom. The molecule has 2 heterocycles. The van der Waals surface area contributed by atoms with Gasteiger partial charge in [0.05, 0.1) is 31.8 Å². The minimum absolute atomic E-state index is 0.0207. The van der Waals surface area contributed by atoms with Crippen molar-refractivity contribution in [2.24, 2.45) is 5.92 Å². The summed E-state index contributed by atoms with van der Waals surface area (Å²) in [4.78, 5) is 13.0. The van der Waals surface area contributed by atoms with Crippen LogP contribution in [0.3, 0.4) is 0 Å². The Labute approximate surface area is 152 Å². The van der Waals surface area contributed by atoms with Crippen LogP contribution in [0.2, 0.25) is 0 Å². The number of benzene rings is 1. The average molecular weight is 362 g/mol. The zero-order chi connectivity index (χ0) is 18.0. The van der Waals surface area contributed by atoms with E-state index in [1.165, 1.54) is 17.6 Å². The summed E-state index contributed by atoms with van der Waals surface area (Å²) >= 11 is 5.58. The van der Waals surface area contributed by atoms with Crippen LogP contribution in [-0.2, 0) is 16.2 Å². The van der Waals surface area contributed by atoms with Crippen molar-refractivity contribution in [2.75, 3.05) is 20.2 Å². The van der Waals surface area contributed by atoms with Gasteiger partial charge in [0, 0.05) is 12.8 Å². The molecule has 0 atom stereocenters. The number of likely N-dealkylation sites (tertiary alicyclic amines) is 1. The molecule has 3 rings (SSSR count). The van der Waals surface area contributed by atoms with Crippen LogP contribution in [-0.4, -0.2) is 46.0 Å². The van der Waals surface area contributed by atoms with Crippen LogP contribution in [0, 0.1) is 24.5 Å². The quantitative estimate of drug-likeness (QED) is 0.645. The number of aromatic nitrogens is 4. The summed E-state index contributed by atoms with van der Waals surface area (Å²) < 4.78 is 8.92. The van der Waals surface area contributed by atoms with E-state index in [2.05, 4.69) is 30.3 Å². The van der Waals surface area contributed by atoms with Crippen molar-refractivity contribution >= 4 is 18.2 Å². The van der Waals surface area contributed by atoms with Gasteiger partial charge in [0.1, 0.15) is 0 Å². The lowest BCUT2D eigenvalue weighted by Crippen LogP contribution is -3.12. The number of rotatable bonds is 4. The summed E-state index contributed by atoms with van der Waals surface area (Å²) in [7, 11) is 1.45. The van der Waals surface area contributed by atoms with E-state index in [4.69, 9.17) is 17.0 Å². The van der Waals surface area contributed by atoms with Gasteiger partial charge in [0.25, 0.3) is 0 Å². The number of ether oxygens (including phenoxy) is 1. The topological polar surface area (TPSA) is 66.4 Å². The number of nitrogens with one attached hydrogen (secondary N) is 1. The summed E-state index contributed by atoms with van der Waals surface area (Å²) in [6, 6.07) is 6.08. The monoisotopic (exact) mass is 362 g/mol. The maximum atomic E-state index is 11.6. The third-order valence-electron chi connectivity index (χ3n) is 5.04. The molecule has 0 spiro atoms. The highest BCUT2D eigenvalue weighted by atomic mass is 32.1. The highest BCUT2D eigenvalue weighted by molar-refractivity contribution is 7.71. The average Bonchev–Trinajstić information content (AvgIpc) is 2.98. The van der Waals surface area contributed by atoms with Gasteiger partial charge >= 0.3 is 5.97 Å². The first-order valence-electron chi connectivity index (χ1n) is 8.52. The van der Waals surface area contributed by atoms with Crippen LogP contribution in [0.15, 0.2) is 18.2 Å². The highest BCUT2D eigenvalue weighted by Gasteiger charge is 2.28. The number of carbonyl (C=O) groups excluding carboxylic acids is 1. The fraction of sp³-hybridized carbons (Fsp3) is 0.529. The molecule has 1 aromatic heterocycles. The van der Waals surface area contributed by atoms with E-state index in [0.29, 0.717) is 11.4 Å². The van der Waals surface area contributed by atoms with Gasteiger partial charge in [-0.05, 0) is 53.7 Å². The molecule has 0 amide bonds. The van der Waals surface area contributed by atoms with Crippen LogP contribution in [0.1, 0.15) is 24.0 Å². The molecule has 0 aliphatic carbocycles. The molecule has 7 nitrogen and oxygen atoms in total. The number of tetrazole rings is 1. The van der Waals surface area contributed by atoms with E-state index >= 15 is 0 Å². The summed E-state index contributed by atoms with van der Waals surface area (Å²) in [6.07, 6.45) is 1.67. The van der Waals surface area contributed by atoms with Crippen LogP contribution in [0.25, 0.3) is 5.69 Å². The van der Waals surface area contributed by atoms with E-state index in [1.807, 2.05) is 12.1 Å². The number of quaternary nitrogens is 1. The Hall–Kier alpha value is -2.06. The molecule has 25 heavy (non-hydrogen) atoms.